The molecular formula is C27H29F3N4O3. The van der Waals surface area contributed by atoms with E-state index in [9.17, 15) is 27.9 Å². The minimum Gasteiger partial charge on any atom is -0.481 e. The molecule has 0 saturated carbocycles. The number of carboxylic acids is 1. The summed E-state index contributed by atoms with van der Waals surface area (Å²) in [5.74, 6) is -0.317. The molecule has 10 heteroatoms. The first-order chi connectivity index (χ1) is 17.4. The van der Waals surface area contributed by atoms with Crippen LogP contribution >= 0.6 is 0 Å². The van der Waals surface area contributed by atoms with Gasteiger partial charge in [0.15, 0.2) is 0 Å². The average Bonchev–Trinajstić information content (AvgIpc) is 2.84. The van der Waals surface area contributed by atoms with Gasteiger partial charge in [0.25, 0.3) is 5.91 Å². The zero-order valence-corrected chi connectivity index (χ0v) is 21.1. The van der Waals surface area contributed by atoms with Crippen molar-refractivity contribution < 1.29 is 27.9 Å². The summed E-state index contributed by atoms with van der Waals surface area (Å²) in [7, 11) is 1.86. The average molecular weight is 515 g/mol. The minimum absolute atomic E-state index is 0.00268. The number of carboxylic acid groups (broad SMARTS) is 1. The fourth-order valence-electron chi connectivity index (χ4n) is 3.78. The van der Waals surface area contributed by atoms with Gasteiger partial charge in [-0.2, -0.15) is 13.2 Å². The zero-order valence-electron chi connectivity index (χ0n) is 21.1. The molecule has 0 unspecified atom stereocenters. The van der Waals surface area contributed by atoms with Gasteiger partial charge in [0, 0.05) is 36.8 Å². The van der Waals surface area contributed by atoms with Gasteiger partial charge in [0.1, 0.15) is 11.6 Å². The highest BCUT2D eigenvalue weighted by molar-refractivity contribution is 6.04. The topological polar surface area (TPSA) is 95.4 Å². The number of nitrogens with one attached hydrogen (secondary N) is 1. The molecule has 0 aliphatic rings. The third-order valence-electron chi connectivity index (χ3n) is 5.82. The van der Waals surface area contributed by atoms with E-state index < -0.39 is 23.6 Å². The fraction of sp³-hybridized carbons (Fsp3) is 0.333. The van der Waals surface area contributed by atoms with Gasteiger partial charge in [-0.3, -0.25) is 9.59 Å². The van der Waals surface area contributed by atoms with Crippen molar-refractivity contribution in [1.29, 1.82) is 0 Å². The highest BCUT2D eigenvalue weighted by Gasteiger charge is 2.30. The van der Waals surface area contributed by atoms with Crippen LogP contribution in [0.15, 0.2) is 48.5 Å². The highest BCUT2D eigenvalue weighted by Crippen LogP contribution is 2.29. The van der Waals surface area contributed by atoms with Gasteiger partial charge in [-0.05, 0) is 54.8 Å². The van der Waals surface area contributed by atoms with Crippen molar-refractivity contribution in [1.82, 2.24) is 9.97 Å². The number of aliphatic carboxylic acids is 1. The van der Waals surface area contributed by atoms with E-state index in [-0.39, 0.29) is 17.9 Å². The Morgan fingerprint density at radius 2 is 1.65 bits per heavy atom. The van der Waals surface area contributed by atoms with Gasteiger partial charge in [-0.15, -0.1) is 0 Å². The Bertz CT molecular complexity index is 1260. The minimum atomic E-state index is -4.46. The monoisotopic (exact) mass is 514 g/mol. The van der Waals surface area contributed by atoms with Gasteiger partial charge in [0.2, 0.25) is 0 Å². The Kier molecular flexibility index (Phi) is 8.52. The van der Waals surface area contributed by atoms with Gasteiger partial charge in [-0.1, -0.05) is 26.0 Å². The number of amides is 1. The van der Waals surface area contributed by atoms with Gasteiger partial charge in [0.05, 0.1) is 17.7 Å². The number of rotatable bonds is 9. The molecule has 0 saturated heterocycles. The number of anilines is 2. The van der Waals surface area contributed by atoms with Crippen LogP contribution in [0.4, 0.5) is 24.7 Å². The maximum Gasteiger partial charge on any atom is 0.416 e. The standard InChI is InChI=1S/C27H29F3N4O3/c1-5-34(4)25-21(15-23(35)36)24(16(2)3)32-22(33-25)14-17-6-12-20(13-7-17)31-26(37)18-8-10-19(11-9-18)27(28,29)30/h6-13,16H,5,14-15H2,1-4H3,(H,31,37)(H,35,36). The van der Waals surface area contributed by atoms with Crippen molar-refractivity contribution in [3.63, 3.8) is 0 Å². The van der Waals surface area contributed by atoms with Crippen LogP contribution < -0.4 is 10.2 Å². The van der Waals surface area contributed by atoms with E-state index in [0.717, 1.165) is 29.8 Å². The van der Waals surface area contributed by atoms with Crippen LogP contribution in [-0.2, 0) is 23.8 Å². The number of aromatic nitrogens is 2. The molecule has 37 heavy (non-hydrogen) atoms. The van der Waals surface area contributed by atoms with Crippen LogP contribution in [0.1, 0.15) is 65.3 Å². The van der Waals surface area contributed by atoms with Crippen molar-refractivity contribution in [3.05, 3.63) is 82.3 Å². The Hall–Kier alpha value is -3.95. The smallest absolute Gasteiger partial charge is 0.416 e. The number of halogens is 3. The first kappa shape index (κ1) is 27.6. The number of hydrogen-bond acceptors (Lipinski definition) is 5. The van der Waals surface area contributed by atoms with Crippen molar-refractivity contribution in [2.24, 2.45) is 0 Å². The molecule has 3 aromatic rings. The second-order valence-electron chi connectivity index (χ2n) is 8.97. The summed E-state index contributed by atoms with van der Waals surface area (Å²) in [6, 6.07) is 11.0. The summed E-state index contributed by atoms with van der Waals surface area (Å²) < 4.78 is 38.2. The van der Waals surface area contributed by atoms with Crippen LogP contribution in [0.2, 0.25) is 0 Å². The van der Waals surface area contributed by atoms with E-state index in [1.807, 2.05) is 32.7 Å². The van der Waals surface area contributed by atoms with Crippen LogP contribution in [0.25, 0.3) is 0 Å². The lowest BCUT2D eigenvalue weighted by Gasteiger charge is -2.23. The largest absolute Gasteiger partial charge is 0.481 e. The lowest BCUT2D eigenvalue weighted by molar-refractivity contribution is -0.138. The third kappa shape index (κ3) is 7.05. The van der Waals surface area contributed by atoms with E-state index in [4.69, 9.17) is 0 Å². The summed E-state index contributed by atoms with van der Waals surface area (Å²) in [6.07, 6.45) is -4.24. The van der Waals surface area contributed by atoms with E-state index in [2.05, 4.69) is 15.3 Å². The van der Waals surface area contributed by atoms with E-state index in [0.29, 0.717) is 41.6 Å². The molecule has 3 rings (SSSR count). The molecule has 0 spiro atoms. The van der Waals surface area contributed by atoms with Crippen molar-refractivity contribution in [3.8, 4) is 0 Å². The number of nitrogens with zero attached hydrogens (tertiary/aromatic N) is 3. The first-order valence-corrected chi connectivity index (χ1v) is 11.8. The van der Waals surface area contributed by atoms with Crippen molar-refractivity contribution in [2.75, 3.05) is 23.8 Å². The normalized spacial score (nSPS) is 11.5. The fourth-order valence-corrected chi connectivity index (χ4v) is 3.78. The second-order valence-corrected chi connectivity index (χ2v) is 8.97. The Balaban J connectivity index is 1.79. The summed E-state index contributed by atoms with van der Waals surface area (Å²) >= 11 is 0. The van der Waals surface area contributed by atoms with Gasteiger partial charge >= 0.3 is 12.1 Å². The Morgan fingerprint density at radius 3 is 2.16 bits per heavy atom. The lowest BCUT2D eigenvalue weighted by Crippen LogP contribution is -2.23. The second kappa shape index (κ2) is 11.4. The Labute approximate surface area is 213 Å². The number of carbonyl (C=O) groups is 2. The van der Waals surface area contributed by atoms with E-state index in [1.165, 1.54) is 0 Å². The number of benzene rings is 2. The lowest BCUT2D eigenvalue weighted by atomic mass is 10.0. The summed E-state index contributed by atoms with van der Waals surface area (Å²) in [6.45, 7) is 6.52. The van der Waals surface area contributed by atoms with Gasteiger partial charge in [-0.25, -0.2) is 9.97 Å². The van der Waals surface area contributed by atoms with Crippen molar-refractivity contribution >= 4 is 23.4 Å². The van der Waals surface area contributed by atoms with Crippen molar-refractivity contribution in [2.45, 2.75) is 45.7 Å². The molecule has 0 fully saturated rings. The molecule has 196 valence electrons. The quantitative estimate of drug-likeness (QED) is 0.389. The van der Waals surface area contributed by atoms with Crippen LogP contribution in [-0.4, -0.2) is 40.5 Å². The predicted molar refractivity (Wildman–Crippen MR) is 135 cm³/mol. The van der Waals surface area contributed by atoms with Crippen LogP contribution in [0, 0.1) is 0 Å². The molecule has 2 aromatic carbocycles. The Morgan fingerprint density at radius 1 is 1.03 bits per heavy atom. The van der Waals surface area contributed by atoms with E-state index >= 15 is 0 Å². The maximum atomic E-state index is 12.7. The molecule has 0 aliphatic heterocycles. The molecule has 7 nitrogen and oxygen atoms in total. The summed E-state index contributed by atoms with van der Waals surface area (Å²) in [4.78, 5) is 35.2. The molecular weight excluding hydrogens is 485 g/mol. The summed E-state index contributed by atoms with van der Waals surface area (Å²) in [5.41, 5.74) is 1.96. The molecule has 1 aromatic heterocycles. The number of alkyl halides is 3. The molecule has 0 aliphatic carbocycles. The first-order valence-electron chi connectivity index (χ1n) is 11.8. The van der Waals surface area contributed by atoms with E-state index in [1.54, 1.807) is 24.3 Å². The number of carbonyl (C=O) groups excluding carboxylic acids is 1. The van der Waals surface area contributed by atoms with Crippen LogP contribution in [0.5, 0.6) is 0 Å². The SMILES string of the molecule is CCN(C)c1nc(Cc2ccc(NC(=O)c3ccc(C(F)(F)F)cc3)cc2)nc(C(C)C)c1CC(=O)O. The zero-order chi connectivity index (χ0) is 27.3. The molecule has 0 bridgehead atoms. The third-order valence-corrected chi connectivity index (χ3v) is 5.82. The number of hydrogen-bond donors (Lipinski definition) is 2. The highest BCUT2D eigenvalue weighted by atomic mass is 19.4. The van der Waals surface area contributed by atoms with Crippen LogP contribution in [0.3, 0.4) is 0 Å². The summed E-state index contributed by atoms with van der Waals surface area (Å²) in [5, 5.41) is 12.1. The molecule has 0 atom stereocenters. The maximum absolute atomic E-state index is 12.7. The molecule has 1 heterocycles. The molecule has 1 amide bonds. The van der Waals surface area contributed by atoms with Gasteiger partial charge < -0.3 is 15.3 Å². The molecule has 0 radical (unpaired) electrons. The predicted octanol–water partition coefficient (Wildman–Crippen LogP) is 5.55. The molecule has 2 N–H and O–H groups in total.